The molecular formula is C11H19NOS. The van der Waals surface area contributed by atoms with Gasteiger partial charge in [-0.25, -0.2) is 4.98 Å². The number of hydrogen-bond donors (Lipinski definition) is 0. The van der Waals surface area contributed by atoms with Crippen LogP contribution in [0.5, 0.6) is 0 Å². The average molecular weight is 213 g/mol. The van der Waals surface area contributed by atoms with Gasteiger partial charge >= 0.3 is 0 Å². The monoisotopic (exact) mass is 213 g/mol. The summed E-state index contributed by atoms with van der Waals surface area (Å²) in [4.78, 5) is 5.76. The highest BCUT2D eigenvalue weighted by Gasteiger charge is 2.19. The molecule has 0 spiro atoms. The summed E-state index contributed by atoms with van der Waals surface area (Å²) in [6, 6.07) is 0. The highest BCUT2D eigenvalue weighted by Crippen LogP contribution is 2.31. The fourth-order valence-corrected chi connectivity index (χ4v) is 2.53. The van der Waals surface area contributed by atoms with Gasteiger partial charge in [0.05, 0.1) is 0 Å². The molecule has 1 aromatic rings. The number of methoxy groups -OCH3 is 1. The lowest BCUT2D eigenvalue weighted by atomic mass is 10.1. The van der Waals surface area contributed by atoms with E-state index in [2.05, 4.69) is 32.7 Å². The Hall–Kier alpha value is -0.410. The standard InChI is InChI=1S/C11H19NOS/c1-7(2)9-6-12-11(14-9)10(13-5)8(3)4/h6-8,10H,1-5H3. The van der Waals surface area contributed by atoms with Crippen LogP contribution in [0.1, 0.15) is 49.6 Å². The van der Waals surface area contributed by atoms with Crippen LogP contribution in [0.3, 0.4) is 0 Å². The van der Waals surface area contributed by atoms with Crippen molar-refractivity contribution in [2.45, 2.75) is 39.7 Å². The van der Waals surface area contributed by atoms with E-state index < -0.39 is 0 Å². The third-order valence-electron chi connectivity index (χ3n) is 2.21. The molecule has 0 N–H and O–H groups in total. The molecule has 0 saturated heterocycles. The first-order chi connectivity index (χ1) is 6.56. The van der Waals surface area contributed by atoms with E-state index in [1.807, 2.05) is 6.20 Å². The van der Waals surface area contributed by atoms with E-state index in [0.717, 1.165) is 5.01 Å². The molecule has 1 aromatic heterocycles. The van der Waals surface area contributed by atoms with Crippen LogP contribution in [0.15, 0.2) is 6.20 Å². The van der Waals surface area contributed by atoms with Crippen molar-refractivity contribution in [2.75, 3.05) is 7.11 Å². The Balaban J connectivity index is 2.84. The number of thiazole rings is 1. The van der Waals surface area contributed by atoms with E-state index in [4.69, 9.17) is 4.74 Å². The number of ether oxygens (including phenoxy) is 1. The van der Waals surface area contributed by atoms with Gasteiger partial charge in [0.15, 0.2) is 0 Å². The van der Waals surface area contributed by atoms with Gasteiger partial charge in [-0.2, -0.15) is 0 Å². The minimum Gasteiger partial charge on any atom is -0.374 e. The minimum absolute atomic E-state index is 0.146. The van der Waals surface area contributed by atoms with Crippen LogP contribution in [0, 0.1) is 5.92 Å². The smallest absolute Gasteiger partial charge is 0.122 e. The van der Waals surface area contributed by atoms with Crippen molar-refractivity contribution in [1.29, 1.82) is 0 Å². The Morgan fingerprint density at radius 3 is 2.29 bits per heavy atom. The topological polar surface area (TPSA) is 22.1 Å². The second-order valence-corrected chi connectivity index (χ2v) is 5.25. The van der Waals surface area contributed by atoms with Gasteiger partial charge in [-0.05, 0) is 11.8 Å². The first-order valence-electron chi connectivity index (χ1n) is 5.04. The summed E-state index contributed by atoms with van der Waals surface area (Å²) < 4.78 is 5.44. The molecule has 0 radical (unpaired) electrons. The predicted molar refractivity (Wildman–Crippen MR) is 60.8 cm³/mol. The lowest BCUT2D eigenvalue weighted by molar-refractivity contribution is 0.0644. The van der Waals surface area contributed by atoms with E-state index in [1.54, 1.807) is 18.4 Å². The predicted octanol–water partition coefficient (Wildman–Crippen LogP) is 3.61. The van der Waals surface area contributed by atoms with Crippen LogP contribution in [-0.2, 0) is 4.74 Å². The molecule has 1 rings (SSSR count). The van der Waals surface area contributed by atoms with Gasteiger partial charge in [0.2, 0.25) is 0 Å². The molecular weight excluding hydrogens is 194 g/mol. The Labute approximate surface area is 90.3 Å². The van der Waals surface area contributed by atoms with Gasteiger partial charge in [0, 0.05) is 18.2 Å². The molecule has 0 aliphatic rings. The van der Waals surface area contributed by atoms with Gasteiger partial charge in [0.25, 0.3) is 0 Å². The molecule has 0 bridgehead atoms. The summed E-state index contributed by atoms with van der Waals surface area (Å²) in [6.07, 6.45) is 2.12. The van der Waals surface area contributed by atoms with E-state index in [0.29, 0.717) is 11.8 Å². The molecule has 1 atom stereocenters. The summed E-state index contributed by atoms with van der Waals surface area (Å²) in [7, 11) is 1.75. The summed E-state index contributed by atoms with van der Waals surface area (Å²) >= 11 is 1.77. The zero-order valence-corrected chi connectivity index (χ0v) is 10.4. The summed E-state index contributed by atoms with van der Waals surface area (Å²) in [6.45, 7) is 8.69. The van der Waals surface area contributed by atoms with Crippen LogP contribution in [0.4, 0.5) is 0 Å². The maximum atomic E-state index is 5.44. The van der Waals surface area contributed by atoms with Gasteiger partial charge in [-0.15, -0.1) is 11.3 Å². The number of rotatable bonds is 4. The molecule has 80 valence electrons. The normalized spacial score (nSPS) is 13.9. The number of aromatic nitrogens is 1. The Morgan fingerprint density at radius 2 is 1.93 bits per heavy atom. The highest BCUT2D eigenvalue weighted by molar-refractivity contribution is 7.11. The first-order valence-corrected chi connectivity index (χ1v) is 5.86. The molecule has 1 unspecified atom stereocenters. The van der Waals surface area contributed by atoms with Crippen molar-refractivity contribution in [3.63, 3.8) is 0 Å². The Kier molecular flexibility index (Phi) is 4.08. The zero-order chi connectivity index (χ0) is 10.7. The van der Waals surface area contributed by atoms with Crippen LogP contribution < -0.4 is 0 Å². The molecule has 0 saturated carbocycles. The number of nitrogens with zero attached hydrogens (tertiary/aromatic N) is 1. The first kappa shape index (κ1) is 11.7. The second kappa shape index (κ2) is 4.89. The maximum absolute atomic E-state index is 5.44. The van der Waals surface area contributed by atoms with E-state index >= 15 is 0 Å². The van der Waals surface area contributed by atoms with Crippen molar-refractivity contribution in [1.82, 2.24) is 4.98 Å². The van der Waals surface area contributed by atoms with Crippen molar-refractivity contribution >= 4 is 11.3 Å². The van der Waals surface area contributed by atoms with Crippen LogP contribution in [0.25, 0.3) is 0 Å². The van der Waals surface area contributed by atoms with E-state index in [1.165, 1.54) is 4.88 Å². The molecule has 0 aromatic carbocycles. The average Bonchev–Trinajstić information content (AvgIpc) is 2.53. The van der Waals surface area contributed by atoms with Crippen LogP contribution in [-0.4, -0.2) is 12.1 Å². The van der Waals surface area contributed by atoms with Crippen molar-refractivity contribution in [3.05, 3.63) is 16.1 Å². The third-order valence-corrected chi connectivity index (χ3v) is 3.57. The quantitative estimate of drug-likeness (QED) is 0.762. The molecule has 1 heterocycles. The van der Waals surface area contributed by atoms with Crippen LogP contribution >= 0.6 is 11.3 Å². The minimum atomic E-state index is 0.146. The van der Waals surface area contributed by atoms with Crippen LogP contribution in [0.2, 0.25) is 0 Å². The highest BCUT2D eigenvalue weighted by atomic mass is 32.1. The molecule has 2 nitrogen and oxygen atoms in total. The van der Waals surface area contributed by atoms with E-state index in [9.17, 15) is 0 Å². The SMILES string of the molecule is COC(c1ncc(C(C)C)s1)C(C)C. The fraction of sp³-hybridized carbons (Fsp3) is 0.727. The Morgan fingerprint density at radius 1 is 1.29 bits per heavy atom. The summed E-state index contributed by atoms with van der Waals surface area (Å²) in [5.41, 5.74) is 0. The van der Waals surface area contributed by atoms with Crippen molar-refractivity contribution in [2.24, 2.45) is 5.92 Å². The molecule has 0 fully saturated rings. The second-order valence-electron chi connectivity index (χ2n) is 4.16. The molecule has 14 heavy (non-hydrogen) atoms. The van der Waals surface area contributed by atoms with Crippen molar-refractivity contribution in [3.8, 4) is 0 Å². The van der Waals surface area contributed by atoms with Crippen molar-refractivity contribution < 1.29 is 4.74 Å². The lowest BCUT2D eigenvalue weighted by Gasteiger charge is -2.15. The largest absolute Gasteiger partial charge is 0.374 e. The third kappa shape index (κ3) is 2.55. The zero-order valence-electron chi connectivity index (χ0n) is 9.57. The molecule has 3 heteroatoms. The van der Waals surface area contributed by atoms with Gasteiger partial charge in [0.1, 0.15) is 11.1 Å². The molecule has 0 aliphatic carbocycles. The number of hydrogen-bond acceptors (Lipinski definition) is 3. The van der Waals surface area contributed by atoms with Gasteiger partial charge < -0.3 is 4.74 Å². The lowest BCUT2D eigenvalue weighted by Crippen LogP contribution is -2.08. The Bertz CT molecular complexity index is 281. The summed E-state index contributed by atoms with van der Waals surface area (Å²) in [5.74, 6) is 1.04. The van der Waals surface area contributed by atoms with Gasteiger partial charge in [-0.3, -0.25) is 0 Å². The summed E-state index contributed by atoms with van der Waals surface area (Å²) in [5, 5.41) is 1.10. The molecule has 0 aliphatic heterocycles. The van der Waals surface area contributed by atoms with E-state index in [-0.39, 0.29) is 6.10 Å². The fourth-order valence-electron chi connectivity index (χ4n) is 1.36. The maximum Gasteiger partial charge on any atom is 0.122 e. The van der Waals surface area contributed by atoms with Gasteiger partial charge in [-0.1, -0.05) is 27.7 Å². The molecule has 0 amide bonds.